The number of carbonyl (C=O) groups excluding carboxylic acids is 2. The van der Waals surface area contributed by atoms with Crippen molar-refractivity contribution in [2.24, 2.45) is 0 Å². The average Bonchev–Trinajstić information content (AvgIpc) is 2.83. The van der Waals surface area contributed by atoms with E-state index in [-0.39, 0.29) is 18.5 Å². The predicted octanol–water partition coefficient (Wildman–Crippen LogP) is 3.03. The van der Waals surface area contributed by atoms with Gasteiger partial charge >= 0.3 is 6.03 Å². The molecule has 128 valence electrons. The Hall–Kier alpha value is -2.82. The van der Waals surface area contributed by atoms with Gasteiger partial charge in [-0.3, -0.25) is 9.69 Å². The van der Waals surface area contributed by atoms with Crippen LogP contribution in [0.4, 0.5) is 4.79 Å². The van der Waals surface area contributed by atoms with Crippen LogP contribution in [0.3, 0.4) is 0 Å². The first-order chi connectivity index (χ1) is 12.0. The molecule has 1 saturated heterocycles. The fourth-order valence-corrected chi connectivity index (χ4v) is 3.66. The molecule has 1 unspecified atom stereocenters. The summed E-state index contributed by atoms with van der Waals surface area (Å²) in [4.78, 5) is 27.2. The Bertz CT molecular complexity index is 877. The molecule has 1 atom stereocenters. The third-order valence-electron chi connectivity index (χ3n) is 5.09. The van der Waals surface area contributed by atoms with Gasteiger partial charge in [0.05, 0.1) is 13.2 Å². The van der Waals surface area contributed by atoms with Crippen LogP contribution in [0.15, 0.2) is 42.5 Å². The lowest BCUT2D eigenvalue weighted by Gasteiger charge is -2.33. The van der Waals surface area contributed by atoms with Crippen LogP contribution in [0, 0.1) is 13.8 Å². The lowest BCUT2D eigenvalue weighted by atomic mass is 9.84. The van der Waals surface area contributed by atoms with E-state index in [1.165, 1.54) is 4.90 Å². The van der Waals surface area contributed by atoms with Gasteiger partial charge in [0.15, 0.2) is 5.54 Å². The van der Waals surface area contributed by atoms with Crippen LogP contribution >= 0.6 is 0 Å². The van der Waals surface area contributed by atoms with Crippen LogP contribution in [0.2, 0.25) is 0 Å². The van der Waals surface area contributed by atoms with Crippen LogP contribution < -0.4 is 10.1 Å². The second kappa shape index (κ2) is 5.62. The molecule has 0 aliphatic carbocycles. The first-order valence-corrected chi connectivity index (χ1v) is 8.44. The summed E-state index contributed by atoms with van der Waals surface area (Å²) in [6.07, 6.45) is 0.442. The molecule has 1 N–H and O–H groups in total. The van der Waals surface area contributed by atoms with Gasteiger partial charge in [-0.2, -0.15) is 0 Å². The lowest BCUT2D eigenvalue weighted by Crippen LogP contribution is -2.47. The summed E-state index contributed by atoms with van der Waals surface area (Å²) in [5.41, 5.74) is 2.89. The molecule has 3 amide bonds. The standard InChI is InChI=1S/C20H20N2O3/c1-13-7-8-14(2)15(11-13)12-22-18(23)20(21-19(22)24)9-10-25-17-6-4-3-5-16(17)20/h3-8,11H,9-10,12H2,1-2H3,(H,21,24). The van der Waals surface area contributed by atoms with E-state index in [4.69, 9.17) is 4.74 Å². The summed E-state index contributed by atoms with van der Waals surface area (Å²) >= 11 is 0. The fraction of sp³-hybridized carbons (Fsp3) is 0.300. The smallest absolute Gasteiger partial charge is 0.325 e. The van der Waals surface area contributed by atoms with Gasteiger partial charge in [-0.05, 0) is 31.0 Å². The molecule has 25 heavy (non-hydrogen) atoms. The van der Waals surface area contributed by atoms with Crippen molar-refractivity contribution in [3.63, 3.8) is 0 Å². The van der Waals surface area contributed by atoms with Crippen LogP contribution in [0.1, 0.15) is 28.7 Å². The number of hydrogen-bond donors (Lipinski definition) is 1. The highest BCUT2D eigenvalue weighted by Gasteiger charge is 2.54. The molecule has 1 fully saturated rings. The SMILES string of the molecule is Cc1ccc(C)c(CN2C(=O)NC3(CCOc4ccccc43)C2=O)c1. The normalized spacial score (nSPS) is 21.9. The summed E-state index contributed by atoms with van der Waals surface area (Å²) in [6, 6.07) is 13.1. The number of aryl methyl sites for hydroxylation is 2. The number of fused-ring (bicyclic) bond motifs is 2. The van der Waals surface area contributed by atoms with Crippen molar-refractivity contribution in [3.8, 4) is 5.75 Å². The molecule has 2 heterocycles. The van der Waals surface area contributed by atoms with E-state index in [9.17, 15) is 9.59 Å². The minimum Gasteiger partial charge on any atom is -0.493 e. The molecule has 0 saturated carbocycles. The third kappa shape index (κ3) is 2.38. The van der Waals surface area contributed by atoms with Crippen LogP contribution in [-0.2, 0) is 16.9 Å². The zero-order valence-electron chi connectivity index (χ0n) is 14.3. The number of hydrogen-bond acceptors (Lipinski definition) is 3. The van der Waals surface area contributed by atoms with Gasteiger partial charge in [0.25, 0.3) is 5.91 Å². The summed E-state index contributed by atoms with van der Waals surface area (Å²) in [6.45, 7) is 4.68. The summed E-state index contributed by atoms with van der Waals surface area (Å²) in [5.74, 6) is 0.463. The van der Waals surface area contributed by atoms with Crippen LogP contribution in [0.25, 0.3) is 0 Å². The van der Waals surface area contributed by atoms with E-state index in [0.29, 0.717) is 18.8 Å². The Morgan fingerprint density at radius 2 is 1.96 bits per heavy atom. The number of nitrogens with zero attached hydrogens (tertiary/aromatic N) is 1. The predicted molar refractivity (Wildman–Crippen MR) is 93.2 cm³/mol. The number of urea groups is 1. The number of carbonyl (C=O) groups is 2. The Morgan fingerprint density at radius 1 is 1.16 bits per heavy atom. The number of rotatable bonds is 2. The zero-order valence-corrected chi connectivity index (χ0v) is 14.3. The van der Waals surface area contributed by atoms with Gasteiger partial charge in [-0.15, -0.1) is 0 Å². The summed E-state index contributed by atoms with van der Waals surface area (Å²) < 4.78 is 5.66. The molecule has 0 bridgehead atoms. The number of para-hydroxylation sites is 1. The van der Waals surface area contributed by atoms with Gasteiger partial charge < -0.3 is 10.1 Å². The molecule has 2 aromatic carbocycles. The number of benzene rings is 2. The average molecular weight is 336 g/mol. The Balaban J connectivity index is 1.71. The quantitative estimate of drug-likeness (QED) is 0.858. The second-order valence-corrected chi connectivity index (χ2v) is 6.75. The molecule has 1 spiro atoms. The first kappa shape index (κ1) is 15.7. The molecular weight excluding hydrogens is 316 g/mol. The van der Waals surface area contributed by atoms with Crippen LogP contribution in [0.5, 0.6) is 5.75 Å². The highest BCUT2D eigenvalue weighted by atomic mass is 16.5. The topological polar surface area (TPSA) is 58.6 Å². The monoisotopic (exact) mass is 336 g/mol. The Labute approximate surface area is 146 Å². The van der Waals surface area contributed by atoms with Gasteiger partial charge in [-0.1, -0.05) is 42.0 Å². The van der Waals surface area contributed by atoms with E-state index in [0.717, 1.165) is 22.3 Å². The molecule has 2 aromatic rings. The third-order valence-corrected chi connectivity index (χ3v) is 5.09. The van der Waals surface area contributed by atoms with Crippen molar-refractivity contribution in [1.82, 2.24) is 10.2 Å². The Kier molecular flexibility index (Phi) is 3.53. The molecule has 0 radical (unpaired) electrons. The number of amides is 3. The molecule has 5 heteroatoms. The Morgan fingerprint density at radius 3 is 2.80 bits per heavy atom. The number of nitrogens with one attached hydrogen (secondary N) is 1. The minimum atomic E-state index is -1.01. The largest absolute Gasteiger partial charge is 0.493 e. The van der Waals surface area contributed by atoms with Gasteiger partial charge in [-0.25, -0.2) is 4.79 Å². The molecule has 4 rings (SSSR count). The highest BCUT2D eigenvalue weighted by molar-refractivity contribution is 6.07. The van der Waals surface area contributed by atoms with Crippen LogP contribution in [-0.4, -0.2) is 23.4 Å². The van der Waals surface area contributed by atoms with Crippen molar-refractivity contribution in [2.75, 3.05) is 6.61 Å². The summed E-state index contributed by atoms with van der Waals surface area (Å²) in [5, 5.41) is 2.94. The minimum absolute atomic E-state index is 0.200. The molecule has 5 nitrogen and oxygen atoms in total. The molecular formula is C20H20N2O3. The maximum absolute atomic E-state index is 13.2. The van der Waals surface area contributed by atoms with Crippen molar-refractivity contribution in [3.05, 3.63) is 64.7 Å². The van der Waals surface area contributed by atoms with Crippen molar-refractivity contribution >= 4 is 11.9 Å². The first-order valence-electron chi connectivity index (χ1n) is 8.44. The fourth-order valence-electron chi connectivity index (χ4n) is 3.66. The second-order valence-electron chi connectivity index (χ2n) is 6.75. The van der Waals surface area contributed by atoms with E-state index < -0.39 is 5.54 Å². The maximum Gasteiger partial charge on any atom is 0.325 e. The van der Waals surface area contributed by atoms with E-state index in [2.05, 4.69) is 5.32 Å². The van der Waals surface area contributed by atoms with Gasteiger partial charge in [0.2, 0.25) is 0 Å². The van der Waals surface area contributed by atoms with Crippen molar-refractivity contribution < 1.29 is 14.3 Å². The van der Waals surface area contributed by atoms with Crippen molar-refractivity contribution in [2.45, 2.75) is 32.4 Å². The number of imide groups is 1. The van der Waals surface area contributed by atoms with Gasteiger partial charge in [0.1, 0.15) is 5.75 Å². The maximum atomic E-state index is 13.2. The zero-order chi connectivity index (χ0) is 17.6. The lowest BCUT2D eigenvalue weighted by molar-refractivity contribution is -0.133. The molecule has 2 aliphatic rings. The van der Waals surface area contributed by atoms with Gasteiger partial charge in [0, 0.05) is 12.0 Å². The number of ether oxygens (including phenoxy) is 1. The summed E-state index contributed by atoms with van der Waals surface area (Å²) in [7, 11) is 0. The molecule has 0 aromatic heterocycles. The highest BCUT2D eigenvalue weighted by Crippen LogP contribution is 2.41. The molecule has 2 aliphatic heterocycles. The van der Waals surface area contributed by atoms with E-state index >= 15 is 0 Å². The van der Waals surface area contributed by atoms with E-state index in [1.807, 2.05) is 56.3 Å². The van der Waals surface area contributed by atoms with Crippen molar-refractivity contribution in [1.29, 1.82) is 0 Å². The van der Waals surface area contributed by atoms with E-state index in [1.54, 1.807) is 0 Å².